The molecule has 2 heterocycles. The first-order chi connectivity index (χ1) is 20.7. The van der Waals surface area contributed by atoms with Gasteiger partial charge in [0.2, 0.25) is 10.0 Å². The zero-order valence-corrected chi connectivity index (χ0v) is 24.4. The average Bonchev–Trinajstić information content (AvgIpc) is 3.40. The van der Waals surface area contributed by atoms with Crippen molar-refractivity contribution < 1.29 is 22.4 Å². The van der Waals surface area contributed by atoms with Gasteiger partial charge in [0.25, 0.3) is 0 Å². The second kappa shape index (κ2) is 11.5. The maximum absolute atomic E-state index is 13.7. The molecule has 1 atom stereocenters. The third-order valence-electron chi connectivity index (χ3n) is 7.10. The molecule has 2 N–H and O–H groups in total. The molecule has 10 heteroatoms. The molecule has 1 unspecified atom stereocenters. The van der Waals surface area contributed by atoms with E-state index in [9.17, 15) is 18.0 Å². The second-order valence-electron chi connectivity index (χ2n) is 10.1. The lowest BCUT2D eigenvalue weighted by atomic mass is 10.0. The van der Waals surface area contributed by atoms with Crippen LogP contribution in [0.25, 0.3) is 33.0 Å². The second-order valence-corrected chi connectivity index (χ2v) is 12.2. The van der Waals surface area contributed by atoms with E-state index in [1.165, 1.54) is 24.3 Å². The van der Waals surface area contributed by atoms with E-state index in [4.69, 9.17) is 20.8 Å². The minimum absolute atomic E-state index is 0.00756. The normalized spacial score (nSPS) is 12.4. The number of aryl methyl sites for hydroxylation is 1. The number of H-pyrrole nitrogens is 1. The van der Waals surface area contributed by atoms with E-state index in [1.807, 2.05) is 61.5 Å². The average molecular weight is 613 g/mol. The summed E-state index contributed by atoms with van der Waals surface area (Å²) in [6.07, 6.45) is 1.72. The van der Waals surface area contributed by atoms with Crippen molar-refractivity contribution in [3.63, 3.8) is 0 Å². The molecule has 0 saturated carbocycles. The standard InChI is InChI=1S/C33H25ClN2O6S/c1-20-11-13-23(14-12-20)43(39,40)36-29(15-22-19-35-28-10-6-5-9-24(22)28)33(38)42-31-18-30-26(16-27(31)34)25(17-32(37)41-30)21-7-3-2-4-8-21/h2-14,16-19,29,35-36H,15H2,1H3. The van der Waals surface area contributed by atoms with Gasteiger partial charge in [0, 0.05) is 41.0 Å². The molecule has 0 fully saturated rings. The van der Waals surface area contributed by atoms with Gasteiger partial charge < -0.3 is 14.1 Å². The van der Waals surface area contributed by atoms with Crippen LogP contribution < -0.4 is 15.1 Å². The van der Waals surface area contributed by atoms with Crippen molar-refractivity contribution in [3.05, 3.63) is 130 Å². The first kappa shape index (κ1) is 28.4. The van der Waals surface area contributed by atoms with Crippen molar-refractivity contribution in [2.45, 2.75) is 24.3 Å². The number of rotatable bonds is 8. The van der Waals surface area contributed by atoms with E-state index < -0.39 is 27.7 Å². The Kier molecular flexibility index (Phi) is 7.62. The fourth-order valence-electron chi connectivity index (χ4n) is 4.94. The molecule has 8 nitrogen and oxygen atoms in total. The van der Waals surface area contributed by atoms with Crippen LogP contribution in [0.3, 0.4) is 0 Å². The van der Waals surface area contributed by atoms with Gasteiger partial charge in [-0.3, -0.25) is 0 Å². The van der Waals surface area contributed by atoms with Crippen LogP contribution >= 0.6 is 11.6 Å². The Morgan fingerprint density at radius 1 is 0.953 bits per heavy atom. The maximum Gasteiger partial charge on any atom is 0.336 e. The van der Waals surface area contributed by atoms with Gasteiger partial charge in [-0.25, -0.2) is 18.0 Å². The van der Waals surface area contributed by atoms with Crippen LogP contribution in [0.2, 0.25) is 5.02 Å². The largest absolute Gasteiger partial charge is 0.424 e. The Balaban J connectivity index is 1.36. The predicted octanol–water partition coefficient (Wildman–Crippen LogP) is 6.40. The van der Waals surface area contributed by atoms with E-state index in [1.54, 1.807) is 24.4 Å². The molecule has 0 aliphatic carbocycles. The number of carbonyl (C=O) groups excluding carboxylic acids is 1. The number of halogens is 1. The van der Waals surface area contributed by atoms with E-state index in [0.717, 1.165) is 22.0 Å². The lowest BCUT2D eigenvalue weighted by molar-refractivity contribution is -0.136. The van der Waals surface area contributed by atoms with Crippen LogP contribution in [0.5, 0.6) is 5.75 Å². The number of fused-ring (bicyclic) bond motifs is 2. The monoisotopic (exact) mass is 612 g/mol. The Bertz CT molecular complexity index is 2140. The number of hydrogen-bond donors (Lipinski definition) is 2. The van der Waals surface area contributed by atoms with E-state index in [0.29, 0.717) is 16.5 Å². The fourth-order valence-corrected chi connectivity index (χ4v) is 6.33. The number of para-hydroxylation sites is 1. The highest BCUT2D eigenvalue weighted by Crippen LogP contribution is 2.35. The summed E-state index contributed by atoms with van der Waals surface area (Å²) in [5, 5.41) is 1.47. The number of hydrogen-bond acceptors (Lipinski definition) is 6. The van der Waals surface area contributed by atoms with Crippen LogP contribution in [-0.2, 0) is 21.2 Å². The van der Waals surface area contributed by atoms with Gasteiger partial charge in [-0.1, -0.05) is 77.8 Å². The molecule has 2 aromatic heterocycles. The summed E-state index contributed by atoms with van der Waals surface area (Å²) in [5.41, 5.74) is 3.41. The predicted molar refractivity (Wildman–Crippen MR) is 166 cm³/mol. The molecule has 0 spiro atoms. The molecule has 43 heavy (non-hydrogen) atoms. The molecule has 0 aliphatic heterocycles. The Hall–Kier alpha value is -4.70. The van der Waals surface area contributed by atoms with Gasteiger partial charge in [-0.05, 0) is 47.9 Å². The summed E-state index contributed by atoms with van der Waals surface area (Å²) in [6, 6.07) is 26.0. The van der Waals surface area contributed by atoms with Gasteiger partial charge in [0.15, 0.2) is 5.75 Å². The summed E-state index contributed by atoms with van der Waals surface area (Å²) in [7, 11) is -4.11. The van der Waals surface area contributed by atoms with E-state index in [-0.39, 0.29) is 27.7 Å². The highest BCUT2D eigenvalue weighted by Gasteiger charge is 2.29. The zero-order chi connectivity index (χ0) is 30.1. The third-order valence-corrected chi connectivity index (χ3v) is 8.89. The molecular formula is C33H25ClN2O6S. The first-order valence-corrected chi connectivity index (χ1v) is 15.2. The highest BCUT2D eigenvalue weighted by molar-refractivity contribution is 7.89. The minimum Gasteiger partial charge on any atom is -0.424 e. The summed E-state index contributed by atoms with van der Waals surface area (Å²) in [6.45, 7) is 1.85. The van der Waals surface area contributed by atoms with Crippen molar-refractivity contribution in [2.24, 2.45) is 0 Å². The van der Waals surface area contributed by atoms with Crippen LogP contribution in [-0.4, -0.2) is 25.4 Å². The number of benzene rings is 4. The Morgan fingerprint density at radius 2 is 1.67 bits per heavy atom. The molecule has 6 aromatic rings. The van der Waals surface area contributed by atoms with Crippen LogP contribution in [0.15, 0.2) is 117 Å². The quantitative estimate of drug-likeness (QED) is 0.117. The van der Waals surface area contributed by atoms with Crippen LogP contribution in [0.4, 0.5) is 0 Å². The number of aromatic nitrogens is 1. The van der Waals surface area contributed by atoms with E-state index >= 15 is 0 Å². The van der Waals surface area contributed by atoms with Gasteiger partial charge in [-0.15, -0.1) is 0 Å². The SMILES string of the molecule is Cc1ccc(S(=O)(=O)NC(Cc2c[nH]c3ccccc23)C(=O)Oc2cc3oc(=O)cc(-c4ccccc4)c3cc2Cl)cc1. The van der Waals surface area contributed by atoms with Gasteiger partial charge in [-0.2, -0.15) is 4.72 Å². The van der Waals surface area contributed by atoms with Crippen molar-refractivity contribution in [1.29, 1.82) is 0 Å². The van der Waals surface area contributed by atoms with Crippen molar-refractivity contribution >= 4 is 49.5 Å². The molecule has 0 amide bonds. The van der Waals surface area contributed by atoms with Crippen LogP contribution in [0, 0.1) is 6.92 Å². The molecule has 0 radical (unpaired) electrons. The molecule has 6 rings (SSSR count). The Morgan fingerprint density at radius 3 is 2.44 bits per heavy atom. The summed E-state index contributed by atoms with van der Waals surface area (Å²) in [4.78, 5) is 29.2. The molecule has 216 valence electrons. The number of sulfonamides is 1. The number of esters is 1. The summed E-state index contributed by atoms with van der Waals surface area (Å²) < 4.78 is 40.3. The molecule has 0 saturated heterocycles. The lowest BCUT2D eigenvalue weighted by Crippen LogP contribution is -2.44. The highest BCUT2D eigenvalue weighted by atomic mass is 35.5. The third kappa shape index (κ3) is 5.96. The fraction of sp³-hybridized carbons (Fsp3) is 0.0909. The topological polar surface area (TPSA) is 118 Å². The molecule has 0 bridgehead atoms. The van der Waals surface area contributed by atoms with E-state index in [2.05, 4.69) is 9.71 Å². The van der Waals surface area contributed by atoms with Crippen LogP contribution in [0.1, 0.15) is 11.1 Å². The first-order valence-electron chi connectivity index (χ1n) is 13.4. The maximum atomic E-state index is 13.7. The summed E-state index contributed by atoms with van der Waals surface area (Å²) >= 11 is 6.58. The number of carbonyl (C=O) groups is 1. The van der Waals surface area contributed by atoms with Crippen molar-refractivity contribution in [2.75, 3.05) is 0 Å². The Labute approximate surface area is 251 Å². The smallest absolute Gasteiger partial charge is 0.336 e. The number of nitrogens with one attached hydrogen (secondary N) is 2. The molecule has 0 aliphatic rings. The molecule has 4 aromatic carbocycles. The number of aromatic amines is 1. The van der Waals surface area contributed by atoms with Gasteiger partial charge >= 0.3 is 11.6 Å². The summed E-state index contributed by atoms with van der Waals surface area (Å²) in [5.74, 6) is -0.963. The van der Waals surface area contributed by atoms with Gasteiger partial charge in [0.05, 0.1) is 9.92 Å². The minimum atomic E-state index is -4.11. The number of ether oxygens (including phenoxy) is 1. The lowest BCUT2D eigenvalue weighted by Gasteiger charge is -2.18. The molecular weight excluding hydrogens is 588 g/mol. The van der Waals surface area contributed by atoms with Crippen molar-refractivity contribution in [3.8, 4) is 16.9 Å². The van der Waals surface area contributed by atoms with Crippen molar-refractivity contribution in [1.82, 2.24) is 9.71 Å². The zero-order valence-electron chi connectivity index (χ0n) is 22.8. The van der Waals surface area contributed by atoms with Gasteiger partial charge in [0.1, 0.15) is 11.6 Å².